The van der Waals surface area contributed by atoms with Crippen LogP contribution in [0.3, 0.4) is 0 Å². The summed E-state index contributed by atoms with van der Waals surface area (Å²) in [6.07, 6.45) is 2.77. The van der Waals surface area contributed by atoms with Gasteiger partial charge in [-0.3, -0.25) is 0 Å². The highest BCUT2D eigenvalue weighted by molar-refractivity contribution is 7.13. The summed E-state index contributed by atoms with van der Waals surface area (Å²) in [6, 6.07) is 13.4. The molecule has 0 unspecified atom stereocenters. The first kappa shape index (κ1) is 8.25. The van der Waals surface area contributed by atoms with E-state index in [1.807, 2.05) is 0 Å². The molecule has 0 atom stereocenters. The standard InChI is InChI=1S/C13H12S/c1-2-13(14-9-1)12-7-5-11(6-8-12)10-3-4-10/h1-2,5-10H,3-4H2. The fraction of sp³-hybridized carbons (Fsp3) is 0.231. The molecule has 1 aliphatic carbocycles. The molecule has 1 heterocycles. The van der Waals surface area contributed by atoms with Crippen LogP contribution in [0.25, 0.3) is 10.4 Å². The van der Waals surface area contributed by atoms with Crippen LogP contribution in [-0.4, -0.2) is 0 Å². The second-order valence-electron chi connectivity index (χ2n) is 3.87. The molecular weight excluding hydrogens is 188 g/mol. The van der Waals surface area contributed by atoms with E-state index in [-0.39, 0.29) is 0 Å². The van der Waals surface area contributed by atoms with E-state index >= 15 is 0 Å². The maximum absolute atomic E-state index is 2.28. The molecule has 1 aromatic carbocycles. The molecule has 0 saturated heterocycles. The summed E-state index contributed by atoms with van der Waals surface area (Å²) in [6.45, 7) is 0. The molecule has 1 aromatic heterocycles. The second-order valence-corrected chi connectivity index (χ2v) is 4.82. The average Bonchev–Trinajstić information content (AvgIpc) is 2.94. The van der Waals surface area contributed by atoms with Crippen molar-refractivity contribution < 1.29 is 0 Å². The second kappa shape index (κ2) is 3.25. The molecule has 0 radical (unpaired) electrons. The Morgan fingerprint density at radius 2 is 1.79 bits per heavy atom. The molecule has 0 aliphatic heterocycles. The first-order valence-corrected chi connectivity index (χ1v) is 5.95. The molecule has 14 heavy (non-hydrogen) atoms. The summed E-state index contributed by atoms with van der Waals surface area (Å²) in [7, 11) is 0. The van der Waals surface area contributed by atoms with Crippen LogP contribution in [0.2, 0.25) is 0 Å². The summed E-state index contributed by atoms with van der Waals surface area (Å²) in [5, 5.41) is 2.13. The highest BCUT2D eigenvalue weighted by Gasteiger charge is 2.22. The van der Waals surface area contributed by atoms with E-state index in [2.05, 4.69) is 41.8 Å². The third-order valence-electron chi connectivity index (χ3n) is 2.77. The van der Waals surface area contributed by atoms with Gasteiger partial charge in [-0.1, -0.05) is 30.3 Å². The van der Waals surface area contributed by atoms with Gasteiger partial charge in [-0.2, -0.15) is 0 Å². The van der Waals surface area contributed by atoms with Gasteiger partial charge < -0.3 is 0 Å². The summed E-state index contributed by atoms with van der Waals surface area (Å²) >= 11 is 1.81. The Bertz CT molecular complexity index is 407. The van der Waals surface area contributed by atoms with Gasteiger partial charge in [-0.05, 0) is 41.3 Å². The first-order chi connectivity index (χ1) is 6.93. The Hall–Kier alpha value is -1.08. The SMILES string of the molecule is c1csc(-c2ccc(C3CC3)cc2)c1. The van der Waals surface area contributed by atoms with E-state index < -0.39 is 0 Å². The third-order valence-corrected chi connectivity index (χ3v) is 3.68. The highest BCUT2D eigenvalue weighted by atomic mass is 32.1. The van der Waals surface area contributed by atoms with Crippen LogP contribution in [0.5, 0.6) is 0 Å². The van der Waals surface area contributed by atoms with Gasteiger partial charge in [0.15, 0.2) is 0 Å². The molecule has 0 spiro atoms. The number of hydrogen-bond acceptors (Lipinski definition) is 1. The number of rotatable bonds is 2. The minimum absolute atomic E-state index is 0.868. The molecule has 0 nitrogen and oxygen atoms in total. The molecule has 70 valence electrons. The van der Waals surface area contributed by atoms with Crippen LogP contribution in [-0.2, 0) is 0 Å². The van der Waals surface area contributed by atoms with Crippen molar-refractivity contribution in [3.63, 3.8) is 0 Å². The van der Waals surface area contributed by atoms with Gasteiger partial charge in [0.25, 0.3) is 0 Å². The minimum Gasteiger partial charge on any atom is -0.144 e. The van der Waals surface area contributed by atoms with Crippen LogP contribution in [0.4, 0.5) is 0 Å². The van der Waals surface area contributed by atoms with Crippen molar-refractivity contribution in [1.29, 1.82) is 0 Å². The highest BCUT2D eigenvalue weighted by Crippen LogP contribution is 2.40. The van der Waals surface area contributed by atoms with Crippen molar-refractivity contribution in [2.75, 3.05) is 0 Å². The van der Waals surface area contributed by atoms with E-state index in [0.29, 0.717) is 0 Å². The normalized spacial score (nSPS) is 15.7. The summed E-state index contributed by atoms with van der Waals surface area (Å²) in [5.41, 5.74) is 2.87. The Kier molecular flexibility index (Phi) is 1.91. The van der Waals surface area contributed by atoms with Crippen molar-refractivity contribution in [2.24, 2.45) is 0 Å². The lowest BCUT2D eigenvalue weighted by molar-refractivity contribution is 1.13. The van der Waals surface area contributed by atoms with Crippen molar-refractivity contribution in [1.82, 2.24) is 0 Å². The van der Waals surface area contributed by atoms with Gasteiger partial charge in [-0.15, -0.1) is 11.3 Å². The minimum atomic E-state index is 0.868. The van der Waals surface area contributed by atoms with E-state index in [4.69, 9.17) is 0 Å². The fourth-order valence-corrected chi connectivity index (χ4v) is 2.51. The van der Waals surface area contributed by atoms with Crippen molar-refractivity contribution in [2.45, 2.75) is 18.8 Å². The van der Waals surface area contributed by atoms with Crippen LogP contribution in [0.15, 0.2) is 41.8 Å². The van der Waals surface area contributed by atoms with E-state index in [0.717, 1.165) is 5.92 Å². The lowest BCUT2D eigenvalue weighted by Gasteiger charge is -2.00. The summed E-state index contributed by atoms with van der Waals surface area (Å²) in [5.74, 6) is 0.868. The summed E-state index contributed by atoms with van der Waals surface area (Å²) in [4.78, 5) is 1.37. The Morgan fingerprint density at radius 3 is 2.36 bits per heavy atom. The van der Waals surface area contributed by atoms with Gasteiger partial charge in [-0.25, -0.2) is 0 Å². The molecule has 0 bridgehead atoms. The third kappa shape index (κ3) is 1.48. The molecule has 2 aromatic rings. The van der Waals surface area contributed by atoms with Gasteiger partial charge in [0.2, 0.25) is 0 Å². The van der Waals surface area contributed by atoms with Crippen molar-refractivity contribution in [3.8, 4) is 10.4 Å². The zero-order valence-electron chi connectivity index (χ0n) is 7.94. The predicted molar refractivity (Wildman–Crippen MR) is 61.7 cm³/mol. The van der Waals surface area contributed by atoms with Crippen LogP contribution in [0.1, 0.15) is 24.3 Å². The topological polar surface area (TPSA) is 0 Å². The molecule has 1 heteroatoms. The van der Waals surface area contributed by atoms with E-state index in [1.54, 1.807) is 11.3 Å². The number of benzene rings is 1. The fourth-order valence-electron chi connectivity index (χ4n) is 1.78. The maximum atomic E-state index is 2.28. The Morgan fingerprint density at radius 1 is 1.00 bits per heavy atom. The Balaban J connectivity index is 1.93. The molecule has 0 amide bonds. The molecule has 1 saturated carbocycles. The van der Waals surface area contributed by atoms with Gasteiger partial charge in [0.1, 0.15) is 0 Å². The number of thiophene rings is 1. The monoisotopic (exact) mass is 200 g/mol. The maximum Gasteiger partial charge on any atom is 0.0342 e. The van der Waals surface area contributed by atoms with Crippen LogP contribution in [0, 0.1) is 0 Å². The molecule has 1 aliphatic rings. The Labute approximate surface area is 88.2 Å². The number of hydrogen-bond donors (Lipinski definition) is 0. The largest absolute Gasteiger partial charge is 0.144 e. The molecule has 1 fully saturated rings. The van der Waals surface area contributed by atoms with Crippen molar-refractivity contribution in [3.05, 3.63) is 47.3 Å². The van der Waals surface area contributed by atoms with E-state index in [9.17, 15) is 0 Å². The lowest BCUT2D eigenvalue weighted by Crippen LogP contribution is -1.78. The first-order valence-electron chi connectivity index (χ1n) is 5.07. The summed E-state index contributed by atoms with van der Waals surface area (Å²) < 4.78 is 0. The van der Waals surface area contributed by atoms with Gasteiger partial charge >= 0.3 is 0 Å². The van der Waals surface area contributed by atoms with Gasteiger partial charge in [0.05, 0.1) is 0 Å². The van der Waals surface area contributed by atoms with Gasteiger partial charge in [0, 0.05) is 4.88 Å². The lowest BCUT2D eigenvalue weighted by atomic mass is 10.1. The van der Waals surface area contributed by atoms with Crippen LogP contribution < -0.4 is 0 Å². The van der Waals surface area contributed by atoms with Crippen molar-refractivity contribution >= 4 is 11.3 Å². The molecular formula is C13H12S. The predicted octanol–water partition coefficient (Wildman–Crippen LogP) is 4.29. The van der Waals surface area contributed by atoms with E-state index in [1.165, 1.54) is 28.8 Å². The smallest absolute Gasteiger partial charge is 0.0342 e. The molecule has 3 rings (SSSR count). The zero-order valence-corrected chi connectivity index (χ0v) is 8.76. The quantitative estimate of drug-likeness (QED) is 0.678. The molecule has 0 N–H and O–H groups in total. The zero-order chi connectivity index (χ0) is 9.38. The van der Waals surface area contributed by atoms with Crippen LogP contribution >= 0.6 is 11.3 Å². The average molecular weight is 200 g/mol.